The number of thiazole rings is 1. The number of aliphatic hydroxyl groups is 1. The molecule has 0 fully saturated rings. The monoisotopic (exact) mass is 477 g/mol. The highest BCUT2D eigenvalue weighted by Crippen LogP contribution is 2.41. The fourth-order valence-corrected chi connectivity index (χ4v) is 5.02. The third-order valence-electron chi connectivity index (χ3n) is 5.79. The predicted octanol–water partition coefficient (Wildman–Crippen LogP) is 4.27. The number of aliphatic hydroxyl groups excluding tert-OH is 1. The smallest absolute Gasteiger partial charge is 0.290 e. The van der Waals surface area contributed by atoms with Crippen molar-refractivity contribution in [1.29, 1.82) is 0 Å². The fraction of sp³-hybridized carbons (Fsp3) is 0.269. The Morgan fingerprint density at radius 2 is 1.82 bits per heavy atom. The molecule has 4 rings (SSSR count). The topological polar surface area (TPSA) is 83.0 Å². The second kappa shape index (κ2) is 9.79. The van der Waals surface area contributed by atoms with Crippen molar-refractivity contribution >= 4 is 23.0 Å². The van der Waals surface area contributed by atoms with Crippen LogP contribution in [0.4, 0.5) is 0 Å². The molecule has 34 heavy (non-hydrogen) atoms. The summed E-state index contributed by atoms with van der Waals surface area (Å²) < 4.78 is 5.26. The summed E-state index contributed by atoms with van der Waals surface area (Å²) in [6, 6.07) is 16.1. The van der Waals surface area contributed by atoms with Gasteiger partial charge in [-0.2, -0.15) is 0 Å². The standard InChI is InChI=1S/C26H27N3O4S/c1-16-24(34-25(27-16)18-8-6-5-7-9-18)22(30)20-21(17-10-12-19(33-4)13-11-17)29(15-14-28(2)3)26(32)23(20)31/h5-13,21,31H,14-15H2,1-4H3/t21-/m0/s1. The molecule has 0 unspecified atom stereocenters. The first-order valence-corrected chi connectivity index (χ1v) is 11.7. The van der Waals surface area contributed by atoms with Crippen LogP contribution < -0.4 is 4.74 Å². The van der Waals surface area contributed by atoms with Crippen LogP contribution >= 0.6 is 11.3 Å². The quantitative estimate of drug-likeness (QED) is 0.488. The maximum atomic E-state index is 13.8. The largest absolute Gasteiger partial charge is 0.503 e. The predicted molar refractivity (Wildman–Crippen MR) is 132 cm³/mol. The Kier molecular flexibility index (Phi) is 6.81. The lowest BCUT2D eigenvalue weighted by Gasteiger charge is -2.28. The second-order valence-corrected chi connectivity index (χ2v) is 9.37. The Morgan fingerprint density at radius 1 is 1.15 bits per heavy atom. The van der Waals surface area contributed by atoms with Crippen molar-refractivity contribution in [2.24, 2.45) is 0 Å². The van der Waals surface area contributed by atoms with Gasteiger partial charge >= 0.3 is 0 Å². The Hall–Kier alpha value is -3.49. The number of amides is 1. The lowest BCUT2D eigenvalue weighted by molar-refractivity contribution is -0.129. The van der Waals surface area contributed by atoms with Crippen LogP contribution in [-0.2, 0) is 4.79 Å². The lowest BCUT2D eigenvalue weighted by atomic mass is 9.95. The molecular formula is C26H27N3O4S. The summed E-state index contributed by atoms with van der Waals surface area (Å²) in [6.45, 7) is 2.72. The maximum Gasteiger partial charge on any atom is 0.290 e. The zero-order valence-corrected chi connectivity index (χ0v) is 20.4. The summed E-state index contributed by atoms with van der Waals surface area (Å²) >= 11 is 1.27. The first kappa shape index (κ1) is 23.7. The molecule has 1 atom stereocenters. The van der Waals surface area contributed by atoms with Crippen molar-refractivity contribution < 1.29 is 19.4 Å². The molecule has 176 valence electrons. The Balaban J connectivity index is 1.76. The number of hydrogen-bond acceptors (Lipinski definition) is 7. The van der Waals surface area contributed by atoms with E-state index in [0.717, 1.165) is 16.1 Å². The molecule has 0 aliphatic carbocycles. The van der Waals surface area contributed by atoms with Crippen molar-refractivity contribution in [2.75, 3.05) is 34.3 Å². The zero-order valence-electron chi connectivity index (χ0n) is 19.6. The van der Waals surface area contributed by atoms with E-state index in [4.69, 9.17) is 4.74 Å². The first-order chi connectivity index (χ1) is 16.3. The minimum atomic E-state index is -0.701. The molecule has 3 aromatic rings. The van der Waals surface area contributed by atoms with Crippen LogP contribution in [0.25, 0.3) is 10.6 Å². The third kappa shape index (κ3) is 4.47. The van der Waals surface area contributed by atoms with Gasteiger partial charge in [0.2, 0.25) is 5.78 Å². The summed E-state index contributed by atoms with van der Waals surface area (Å²) in [5.41, 5.74) is 2.29. The van der Waals surface area contributed by atoms with E-state index >= 15 is 0 Å². The minimum absolute atomic E-state index is 0.0836. The van der Waals surface area contributed by atoms with Gasteiger partial charge in [-0.25, -0.2) is 4.98 Å². The highest BCUT2D eigenvalue weighted by Gasteiger charge is 2.44. The van der Waals surface area contributed by atoms with Crippen LogP contribution in [-0.4, -0.2) is 65.9 Å². The number of Topliss-reactive ketones (excluding diaryl/α,β-unsaturated/α-hetero) is 1. The number of carbonyl (C=O) groups is 2. The second-order valence-electron chi connectivity index (χ2n) is 8.37. The number of ketones is 1. The average Bonchev–Trinajstić information content (AvgIpc) is 3.35. The van der Waals surface area contributed by atoms with Gasteiger partial charge < -0.3 is 19.6 Å². The van der Waals surface area contributed by atoms with Crippen LogP contribution in [0.5, 0.6) is 5.75 Å². The molecular weight excluding hydrogens is 450 g/mol. The number of aromatic nitrogens is 1. The van der Waals surface area contributed by atoms with E-state index < -0.39 is 17.7 Å². The SMILES string of the molecule is COc1ccc([C@H]2C(C(=O)c3sc(-c4ccccc4)nc3C)=C(O)C(=O)N2CCN(C)C)cc1. The van der Waals surface area contributed by atoms with Crippen molar-refractivity contribution in [3.63, 3.8) is 0 Å². The van der Waals surface area contributed by atoms with Gasteiger partial charge in [0, 0.05) is 18.7 Å². The molecule has 2 aromatic carbocycles. The van der Waals surface area contributed by atoms with Crippen molar-refractivity contribution in [1.82, 2.24) is 14.8 Å². The Labute approximate surface area is 202 Å². The van der Waals surface area contributed by atoms with E-state index in [9.17, 15) is 14.7 Å². The first-order valence-electron chi connectivity index (χ1n) is 10.9. The van der Waals surface area contributed by atoms with Crippen LogP contribution in [0.1, 0.15) is 27.0 Å². The third-order valence-corrected chi connectivity index (χ3v) is 7.00. The van der Waals surface area contributed by atoms with E-state index in [0.29, 0.717) is 29.4 Å². The van der Waals surface area contributed by atoms with Crippen molar-refractivity contribution in [2.45, 2.75) is 13.0 Å². The molecule has 1 aromatic heterocycles. The number of methoxy groups -OCH3 is 1. The van der Waals surface area contributed by atoms with Gasteiger partial charge in [-0.05, 0) is 38.7 Å². The van der Waals surface area contributed by atoms with Crippen molar-refractivity contribution in [3.8, 4) is 16.3 Å². The summed E-state index contributed by atoms with van der Waals surface area (Å²) in [5, 5.41) is 11.6. The van der Waals surface area contributed by atoms with Gasteiger partial charge in [0.1, 0.15) is 10.8 Å². The number of rotatable bonds is 8. The van der Waals surface area contributed by atoms with Crippen LogP contribution in [0, 0.1) is 6.92 Å². The van der Waals surface area contributed by atoms with Gasteiger partial charge in [-0.15, -0.1) is 11.3 Å². The number of ether oxygens (including phenoxy) is 1. The van der Waals surface area contributed by atoms with Crippen LogP contribution in [0.3, 0.4) is 0 Å². The van der Waals surface area contributed by atoms with E-state index in [1.54, 1.807) is 31.1 Å². The molecule has 0 radical (unpaired) electrons. The van der Waals surface area contributed by atoms with Gasteiger partial charge in [-0.1, -0.05) is 42.5 Å². The van der Waals surface area contributed by atoms with E-state index in [-0.39, 0.29) is 11.4 Å². The van der Waals surface area contributed by atoms with Crippen LogP contribution in [0.2, 0.25) is 0 Å². The van der Waals surface area contributed by atoms with E-state index in [1.807, 2.05) is 61.5 Å². The molecule has 8 heteroatoms. The van der Waals surface area contributed by atoms with E-state index in [2.05, 4.69) is 4.98 Å². The Bertz CT molecular complexity index is 1230. The van der Waals surface area contributed by atoms with Crippen molar-refractivity contribution in [3.05, 3.63) is 82.1 Å². The summed E-state index contributed by atoms with van der Waals surface area (Å²) in [6.07, 6.45) is 0. The molecule has 7 nitrogen and oxygen atoms in total. The molecule has 1 amide bonds. The fourth-order valence-electron chi connectivity index (χ4n) is 3.99. The number of benzene rings is 2. The minimum Gasteiger partial charge on any atom is -0.503 e. The molecule has 1 N–H and O–H groups in total. The molecule has 0 saturated heterocycles. The molecule has 1 aliphatic heterocycles. The van der Waals surface area contributed by atoms with Crippen LogP contribution in [0.15, 0.2) is 65.9 Å². The normalized spacial score (nSPS) is 16.0. The molecule has 1 aliphatic rings. The summed E-state index contributed by atoms with van der Waals surface area (Å²) in [7, 11) is 5.40. The molecule has 0 bridgehead atoms. The summed E-state index contributed by atoms with van der Waals surface area (Å²) in [4.78, 5) is 35.4. The lowest BCUT2D eigenvalue weighted by Crippen LogP contribution is -2.36. The highest BCUT2D eigenvalue weighted by atomic mass is 32.1. The summed E-state index contributed by atoms with van der Waals surface area (Å²) in [5.74, 6) is -0.758. The molecule has 2 heterocycles. The van der Waals surface area contributed by atoms with Gasteiger partial charge in [-0.3, -0.25) is 9.59 Å². The number of nitrogens with zero attached hydrogens (tertiary/aromatic N) is 3. The number of aryl methyl sites for hydroxylation is 1. The van der Waals surface area contributed by atoms with Gasteiger partial charge in [0.15, 0.2) is 5.76 Å². The molecule has 0 spiro atoms. The highest BCUT2D eigenvalue weighted by molar-refractivity contribution is 7.17. The number of carbonyl (C=O) groups excluding carboxylic acids is 2. The molecule has 0 saturated carbocycles. The number of likely N-dealkylation sites (N-methyl/N-ethyl adjacent to an activating group) is 1. The average molecular weight is 478 g/mol. The zero-order chi connectivity index (χ0) is 24.4. The number of hydrogen-bond donors (Lipinski definition) is 1. The maximum absolute atomic E-state index is 13.8. The Morgan fingerprint density at radius 3 is 2.44 bits per heavy atom. The van der Waals surface area contributed by atoms with E-state index in [1.165, 1.54) is 11.3 Å². The van der Waals surface area contributed by atoms with Gasteiger partial charge in [0.05, 0.1) is 29.3 Å². The van der Waals surface area contributed by atoms with Gasteiger partial charge in [0.25, 0.3) is 5.91 Å².